The fraction of sp³-hybridized carbons (Fsp3) is 0.333. The first kappa shape index (κ1) is 15.8. The summed E-state index contributed by atoms with van der Waals surface area (Å²) in [6.07, 6.45) is 1.04. The lowest BCUT2D eigenvalue weighted by atomic mass is 9.90. The largest absolute Gasteiger partial charge is 0.491 e. The van der Waals surface area contributed by atoms with E-state index in [4.69, 9.17) is 16.3 Å². The van der Waals surface area contributed by atoms with Crippen LogP contribution in [0.1, 0.15) is 38.7 Å². The lowest BCUT2D eigenvalue weighted by Crippen LogP contribution is -1.98. The van der Waals surface area contributed by atoms with E-state index in [1.54, 1.807) is 12.1 Å². The second-order valence-electron chi connectivity index (χ2n) is 5.12. The van der Waals surface area contributed by atoms with Crippen LogP contribution in [0.3, 0.4) is 0 Å². The minimum atomic E-state index is -0.340. The molecule has 21 heavy (non-hydrogen) atoms. The number of rotatable bonds is 5. The van der Waals surface area contributed by atoms with E-state index in [2.05, 4.69) is 19.9 Å². The summed E-state index contributed by atoms with van der Waals surface area (Å²) in [4.78, 5) is 0. The van der Waals surface area contributed by atoms with Crippen LogP contribution in [0.2, 0.25) is 5.02 Å². The normalized spacial score (nSPS) is 12.2. The second-order valence-corrected chi connectivity index (χ2v) is 5.56. The van der Waals surface area contributed by atoms with Crippen LogP contribution in [-0.2, 0) is 0 Å². The molecule has 0 saturated heterocycles. The van der Waals surface area contributed by atoms with Gasteiger partial charge in [-0.15, -0.1) is 0 Å². The molecule has 3 heteroatoms. The Bertz CT molecular complexity index is 625. The van der Waals surface area contributed by atoms with Crippen molar-refractivity contribution in [1.82, 2.24) is 0 Å². The van der Waals surface area contributed by atoms with E-state index in [-0.39, 0.29) is 11.6 Å². The van der Waals surface area contributed by atoms with Crippen molar-refractivity contribution in [3.8, 4) is 16.9 Å². The molecule has 0 amide bonds. The molecule has 112 valence electrons. The van der Waals surface area contributed by atoms with Gasteiger partial charge in [-0.05, 0) is 60.2 Å². The Morgan fingerprint density at radius 2 is 1.90 bits per heavy atom. The van der Waals surface area contributed by atoms with E-state index in [0.29, 0.717) is 17.5 Å². The molecule has 0 aliphatic carbocycles. The van der Waals surface area contributed by atoms with Gasteiger partial charge in [-0.2, -0.15) is 0 Å². The predicted molar refractivity (Wildman–Crippen MR) is 86.7 cm³/mol. The van der Waals surface area contributed by atoms with Crippen LogP contribution in [0.15, 0.2) is 36.4 Å². The van der Waals surface area contributed by atoms with Crippen molar-refractivity contribution in [3.63, 3.8) is 0 Å². The van der Waals surface area contributed by atoms with Gasteiger partial charge in [-0.1, -0.05) is 37.6 Å². The van der Waals surface area contributed by atoms with Gasteiger partial charge in [-0.3, -0.25) is 0 Å². The molecule has 0 heterocycles. The first-order chi connectivity index (χ1) is 10.1. The highest BCUT2D eigenvalue weighted by atomic mass is 35.5. The van der Waals surface area contributed by atoms with Crippen LogP contribution in [0.5, 0.6) is 5.75 Å². The third-order valence-corrected chi connectivity index (χ3v) is 3.94. The Kier molecular flexibility index (Phi) is 5.24. The molecule has 0 N–H and O–H groups in total. The molecule has 0 saturated carbocycles. The summed E-state index contributed by atoms with van der Waals surface area (Å²) in [5.41, 5.74) is 3.19. The van der Waals surface area contributed by atoms with Crippen molar-refractivity contribution in [3.05, 3.63) is 52.8 Å². The molecule has 0 spiro atoms. The Labute approximate surface area is 130 Å². The van der Waals surface area contributed by atoms with Crippen molar-refractivity contribution in [2.75, 3.05) is 6.61 Å². The van der Waals surface area contributed by atoms with E-state index < -0.39 is 0 Å². The fourth-order valence-electron chi connectivity index (χ4n) is 2.37. The maximum atomic E-state index is 13.7. The molecule has 2 rings (SSSR count). The van der Waals surface area contributed by atoms with Crippen LogP contribution in [0.25, 0.3) is 11.1 Å². The maximum Gasteiger partial charge on any atom is 0.165 e. The topological polar surface area (TPSA) is 9.23 Å². The minimum absolute atomic E-state index is 0.282. The molecule has 1 atom stereocenters. The van der Waals surface area contributed by atoms with Gasteiger partial charge in [0, 0.05) is 5.02 Å². The van der Waals surface area contributed by atoms with Crippen molar-refractivity contribution in [2.24, 2.45) is 0 Å². The van der Waals surface area contributed by atoms with Crippen molar-refractivity contribution < 1.29 is 9.13 Å². The molecule has 0 radical (unpaired) electrons. The number of ether oxygens (including phenoxy) is 1. The molecule has 0 aliphatic rings. The number of hydrogen-bond acceptors (Lipinski definition) is 1. The summed E-state index contributed by atoms with van der Waals surface area (Å²) in [7, 11) is 0. The van der Waals surface area contributed by atoms with Crippen LogP contribution in [0.4, 0.5) is 4.39 Å². The summed E-state index contributed by atoms with van der Waals surface area (Å²) < 4.78 is 19.1. The van der Waals surface area contributed by atoms with Gasteiger partial charge >= 0.3 is 0 Å². The molecular weight excluding hydrogens is 287 g/mol. The van der Waals surface area contributed by atoms with Crippen molar-refractivity contribution >= 4 is 11.6 Å². The zero-order valence-corrected chi connectivity index (χ0v) is 13.4. The molecule has 0 aromatic heterocycles. The number of halogens is 2. The Balaban J connectivity index is 2.55. The highest BCUT2D eigenvalue weighted by molar-refractivity contribution is 6.30. The first-order valence-corrected chi connectivity index (χ1v) is 7.66. The van der Waals surface area contributed by atoms with Crippen LogP contribution >= 0.6 is 11.6 Å². The monoisotopic (exact) mass is 306 g/mol. The van der Waals surface area contributed by atoms with Gasteiger partial charge < -0.3 is 4.74 Å². The maximum absolute atomic E-state index is 13.7. The summed E-state index contributed by atoms with van der Waals surface area (Å²) in [5.74, 6) is 0.357. The second kappa shape index (κ2) is 6.95. The molecule has 1 nitrogen and oxygen atoms in total. The minimum Gasteiger partial charge on any atom is -0.491 e. The van der Waals surface area contributed by atoms with Gasteiger partial charge in [0.2, 0.25) is 0 Å². The molecule has 0 fully saturated rings. The molecule has 2 aromatic carbocycles. The first-order valence-electron chi connectivity index (χ1n) is 7.29. The Hall–Kier alpha value is -1.54. The summed E-state index contributed by atoms with van der Waals surface area (Å²) in [5, 5.41) is 0.680. The molecular formula is C18H20ClFO. The van der Waals surface area contributed by atoms with Gasteiger partial charge in [-0.25, -0.2) is 4.39 Å². The van der Waals surface area contributed by atoms with Crippen LogP contribution in [-0.4, -0.2) is 6.61 Å². The standard InChI is InChI=1S/C18H20ClFO/c1-4-12(3)15-8-7-14(19)11-16(15)13-6-9-17(20)18(10-13)21-5-2/h6-12H,4-5H2,1-3H3. The van der Waals surface area contributed by atoms with E-state index in [1.165, 1.54) is 11.6 Å². The number of benzene rings is 2. The third-order valence-electron chi connectivity index (χ3n) is 3.70. The van der Waals surface area contributed by atoms with E-state index in [0.717, 1.165) is 17.5 Å². The van der Waals surface area contributed by atoms with E-state index >= 15 is 0 Å². The highest BCUT2D eigenvalue weighted by Crippen LogP contribution is 2.35. The van der Waals surface area contributed by atoms with Gasteiger partial charge in [0.25, 0.3) is 0 Å². The summed E-state index contributed by atoms with van der Waals surface area (Å²) >= 11 is 6.14. The fourth-order valence-corrected chi connectivity index (χ4v) is 2.54. The van der Waals surface area contributed by atoms with Crippen LogP contribution in [0, 0.1) is 5.82 Å². The van der Waals surface area contributed by atoms with E-state index in [9.17, 15) is 4.39 Å². The van der Waals surface area contributed by atoms with Gasteiger partial charge in [0.15, 0.2) is 11.6 Å². The van der Waals surface area contributed by atoms with Gasteiger partial charge in [0.1, 0.15) is 0 Å². The smallest absolute Gasteiger partial charge is 0.165 e. The molecule has 2 aromatic rings. The summed E-state index contributed by atoms with van der Waals surface area (Å²) in [6.45, 7) is 6.61. The van der Waals surface area contributed by atoms with Crippen molar-refractivity contribution in [1.29, 1.82) is 0 Å². The lowest BCUT2D eigenvalue weighted by Gasteiger charge is -2.16. The SMILES string of the molecule is CCOc1cc(-c2cc(Cl)ccc2C(C)CC)ccc1F. The quantitative estimate of drug-likeness (QED) is 0.652. The zero-order valence-electron chi connectivity index (χ0n) is 12.6. The molecule has 0 bridgehead atoms. The zero-order chi connectivity index (χ0) is 15.4. The average molecular weight is 307 g/mol. The Morgan fingerprint density at radius 3 is 2.57 bits per heavy atom. The highest BCUT2D eigenvalue weighted by Gasteiger charge is 2.13. The van der Waals surface area contributed by atoms with Crippen molar-refractivity contribution in [2.45, 2.75) is 33.1 Å². The summed E-state index contributed by atoms with van der Waals surface area (Å²) in [6, 6.07) is 10.9. The third kappa shape index (κ3) is 3.56. The Morgan fingerprint density at radius 1 is 1.14 bits per heavy atom. The predicted octanol–water partition coefficient (Wildman–Crippen LogP) is 6.06. The van der Waals surface area contributed by atoms with E-state index in [1.807, 2.05) is 19.1 Å². The number of hydrogen-bond donors (Lipinski definition) is 0. The average Bonchev–Trinajstić information content (AvgIpc) is 2.49. The lowest BCUT2D eigenvalue weighted by molar-refractivity contribution is 0.322. The van der Waals surface area contributed by atoms with Crippen LogP contribution < -0.4 is 4.74 Å². The van der Waals surface area contributed by atoms with Gasteiger partial charge in [0.05, 0.1) is 6.61 Å². The molecule has 1 unspecified atom stereocenters. The molecule has 0 aliphatic heterocycles.